The van der Waals surface area contributed by atoms with Gasteiger partial charge in [-0.05, 0) is 81.0 Å². The molecule has 1 aromatic carbocycles. The highest BCUT2D eigenvalue weighted by molar-refractivity contribution is 7.89. The summed E-state index contributed by atoms with van der Waals surface area (Å²) in [6, 6.07) is 5.29. The third-order valence-corrected chi connectivity index (χ3v) is 10.3. The summed E-state index contributed by atoms with van der Waals surface area (Å²) >= 11 is 0. The lowest BCUT2D eigenvalue weighted by molar-refractivity contribution is -0.288. The molecule has 0 atom stereocenters. The molecule has 2 aliphatic heterocycles. The molecule has 3 aliphatic rings. The Hall–Kier alpha value is -2.61. The van der Waals surface area contributed by atoms with Crippen molar-refractivity contribution in [3.05, 3.63) is 29.3 Å². The predicted molar refractivity (Wildman–Crippen MR) is 143 cm³/mol. The van der Waals surface area contributed by atoms with Crippen LogP contribution in [0.2, 0.25) is 0 Å². The van der Waals surface area contributed by atoms with E-state index < -0.39 is 40.0 Å². The van der Waals surface area contributed by atoms with Gasteiger partial charge in [0.05, 0.1) is 5.75 Å². The SMILES string of the molecule is CC(=O)Nc1ccc(CCS(=O)(=O)N2CCC3(CC2)N=C(C2CCC(CC(F)(F)C(F)(F)F)CC2)NC3=O)c(C)c1. The van der Waals surface area contributed by atoms with E-state index >= 15 is 0 Å². The number of rotatable bonds is 8. The number of alkyl halides is 5. The second kappa shape index (κ2) is 11.6. The van der Waals surface area contributed by atoms with Gasteiger partial charge in [0, 0.05) is 38.0 Å². The zero-order valence-corrected chi connectivity index (χ0v) is 23.8. The lowest BCUT2D eigenvalue weighted by Gasteiger charge is -2.34. The van der Waals surface area contributed by atoms with Crippen molar-refractivity contribution in [3.63, 3.8) is 0 Å². The molecule has 1 spiro atoms. The van der Waals surface area contributed by atoms with Gasteiger partial charge in [-0.3, -0.25) is 14.6 Å². The molecule has 1 aromatic rings. The summed E-state index contributed by atoms with van der Waals surface area (Å²) in [5.41, 5.74) is 1.24. The summed E-state index contributed by atoms with van der Waals surface area (Å²) < 4.78 is 92.2. The Morgan fingerprint density at radius 1 is 1.12 bits per heavy atom. The van der Waals surface area contributed by atoms with Crippen LogP contribution >= 0.6 is 0 Å². The standard InChI is InChI=1S/C27H35F5N4O4S/c1-17-15-22(33-18(2)37)8-7-20(17)9-14-41(39,40)36-12-10-25(11-13-36)24(38)34-23(35-25)21-5-3-19(4-6-21)16-26(28,29)27(30,31)32/h7-8,15,19,21H,3-6,9-14,16H2,1-2H3,(H,33,37)(H,34,35,38). The first-order valence-electron chi connectivity index (χ1n) is 13.7. The van der Waals surface area contributed by atoms with Gasteiger partial charge in [0.15, 0.2) is 0 Å². The number of amides is 2. The number of amidine groups is 1. The van der Waals surface area contributed by atoms with Crippen LogP contribution in [0.5, 0.6) is 0 Å². The minimum atomic E-state index is -5.57. The zero-order valence-electron chi connectivity index (χ0n) is 23.0. The van der Waals surface area contributed by atoms with Crippen molar-refractivity contribution in [3.8, 4) is 0 Å². The normalized spacial score (nSPS) is 23.8. The number of nitrogens with zero attached hydrogens (tertiary/aromatic N) is 2. The maximum Gasteiger partial charge on any atom is 0.453 e. The quantitative estimate of drug-likeness (QED) is 0.423. The molecule has 4 rings (SSSR count). The number of carbonyl (C=O) groups is 2. The number of piperidine rings is 1. The van der Waals surface area contributed by atoms with Crippen LogP contribution in [-0.4, -0.2) is 66.9 Å². The minimum absolute atomic E-state index is 0.113. The number of hydrogen-bond donors (Lipinski definition) is 2. The van der Waals surface area contributed by atoms with Gasteiger partial charge in [0.1, 0.15) is 11.4 Å². The van der Waals surface area contributed by atoms with Crippen molar-refractivity contribution < 1.29 is 40.0 Å². The topological polar surface area (TPSA) is 108 Å². The van der Waals surface area contributed by atoms with E-state index in [4.69, 9.17) is 0 Å². The van der Waals surface area contributed by atoms with Gasteiger partial charge in [0.25, 0.3) is 5.91 Å². The Morgan fingerprint density at radius 2 is 1.76 bits per heavy atom. The summed E-state index contributed by atoms with van der Waals surface area (Å²) in [7, 11) is -3.61. The molecule has 1 aliphatic carbocycles. The van der Waals surface area contributed by atoms with Crippen LogP contribution in [0, 0.1) is 18.8 Å². The van der Waals surface area contributed by atoms with E-state index in [1.54, 1.807) is 18.2 Å². The Bertz CT molecular complexity index is 1300. The molecule has 14 heteroatoms. The molecule has 2 N–H and O–H groups in total. The average Bonchev–Trinajstić information content (AvgIpc) is 3.18. The first-order valence-corrected chi connectivity index (χ1v) is 15.3. The number of aryl methyl sites for hydroxylation is 2. The highest BCUT2D eigenvalue weighted by Crippen LogP contribution is 2.44. The molecule has 0 radical (unpaired) electrons. The number of hydrogen-bond acceptors (Lipinski definition) is 5. The molecule has 0 unspecified atom stereocenters. The first-order chi connectivity index (χ1) is 19.0. The van der Waals surface area contributed by atoms with E-state index in [9.17, 15) is 40.0 Å². The predicted octanol–water partition coefficient (Wildman–Crippen LogP) is 4.58. The molecule has 8 nitrogen and oxygen atoms in total. The molecule has 2 fully saturated rings. The van der Waals surface area contributed by atoms with Gasteiger partial charge in [-0.1, -0.05) is 6.07 Å². The van der Waals surface area contributed by atoms with Gasteiger partial charge in [-0.15, -0.1) is 0 Å². The van der Waals surface area contributed by atoms with Crippen LogP contribution in [0.15, 0.2) is 23.2 Å². The molecule has 1 saturated heterocycles. The van der Waals surface area contributed by atoms with Gasteiger partial charge < -0.3 is 10.6 Å². The first kappa shape index (κ1) is 31.3. The third kappa shape index (κ3) is 7.07. The maximum absolute atomic E-state index is 13.5. The summed E-state index contributed by atoms with van der Waals surface area (Å²) in [4.78, 5) is 28.8. The van der Waals surface area contributed by atoms with Gasteiger partial charge >= 0.3 is 12.1 Å². The van der Waals surface area contributed by atoms with E-state index in [-0.39, 0.29) is 68.7 Å². The monoisotopic (exact) mass is 606 g/mol. The second-order valence-electron chi connectivity index (χ2n) is 11.4. The van der Waals surface area contributed by atoms with Gasteiger partial charge in [-0.25, -0.2) is 12.7 Å². The Kier molecular flexibility index (Phi) is 8.85. The van der Waals surface area contributed by atoms with Crippen molar-refractivity contribution in [2.75, 3.05) is 24.2 Å². The summed E-state index contributed by atoms with van der Waals surface area (Å²) in [6.45, 7) is 3.48. The van der Waals surface area contributed by atoms with Crippen molar-refractivity contribution >= 4 is 33.4 Å². The van der Waals surface area contributed by atoms with Crippen LogP contribution in [0.4, 0.5) is 27.6 Å². The lowest BCUT2D eigenvalue weighted by Crippen LogP contribution is -2.51. The van der Waals surface area contributed by atoms with Crippen LogP contribution in [0.3, 0.4) is 0 Å². The fourth-order valence-corrected chi connectivity index (χ4v) is 7.43. The van der Waals surface area contributed by atoms with Gasteiger partial charge in [0.2, 0.25) is 15.9 Å². The number of nitrogens with one attached hydrogen (secondary N) is 2. The number of carbonyl (C=O) groups excluding carboxylic acids is 2. The largest absolute Gasteiger partial charge is 0.453 e. The van der Waals surface area contributed by atoms with E-state index in [1.807, 2.05) is 6.92 Å². The molecule has 0 aromatic heterocycles. The zero-order chi connectivity index (χ0) is 30.2. The Balaban J connectivity index is 1.31. The highest BCUT2D eigenvalue weighted by atomic mass is 32.2. The van der Waals surface area contributed by atoms with Crippen LogP contribution in [0.1, 0.15) is 63.0 Å². The smallest absolute Gasteiger partial charge is 0.326 e. The number of benzene rings is 1. The molecule has 2 amide bonds. The van der Waals surface area contributed by atoms with Crippen molar-refractivity contribution in [1.82, 2.24) is 9.62 Å². The fourth-order valence-electron chi connectivity index (χ4n) is 5.95. The minimum Gasteiger partial charge on any atom is -0.326 e. The maximum atomic E-state index is 13.5. The van der Waals surface area contributed by atoms with E-state index in [0.29, 0.717) is 24.4 Å². The third-order valence-electron chi connectivity index (χ3n) is 8.43. The summed E-state index contributed by atoms with van der Waals surface area (Å²) in [5, 5.41) is 5.47. The Morgan fingerprint density at radius 3 is 2.32 bits per heavy atom. The van der Waals surface area contributed by atoms with E-state index in [2.05, 4.69) is 15.6 Å². The Labute approximate surface area is 236 Å². The molecular formula is C27H35F5N4O4S. The highest BCUT2D eigenvalue weighted by Gasteiger charge is 2.58. The van der Waals surface area contributed by atoms with Crippen molar-refractivity contribution in [2.24, 2.45) is 16.8 Å². The van der Waals surface area contributed by atoms with E-state index in [1.165, 1.54) is 11.2 Å². The molecule has 2 heterocycles. The second-order valence-corrected chi connectivity index (χ2v) is 13.5. The number of halogens is 5. The van der Waals surface area contributed by atoms with Gasteiger partial charge in [-0.2, -0.15) is 22.0 Å². The van der Waals surface area contributed by atoms with E-state index in [0.717, 1.165) is 11.1 Å². The molecular weight excluding hydrogens is 571 g/mol. The van der Waals surface area contributed by atoms with Crippen molar-refractivity contribution in [2.45, 2.75) is 82.9 Å². The summed E-state index contributed by atoms with van der Waals surface area (Å²) in [5.74, 6) is -5.94. The van der Waals surface area contributed by atoms with Crippen LogP contribution in [-0.2, 0) is 26.0 Å². The average molecular weight is 607 g/mol. The fraction of sp³-hybridized carbons (Fsp3) is 0.667. The molecule has 0 bridgehead atoms. The number of aliphatic imine (C=N–C) groups is 1. The number of sulfonamides is 1. The summed E-state index contributed by atoms with van der Waals surface area (Å²) in [6.07, 6.45) is -5.08. The number of anilines is 1. The molecule has 41 heavy (non-hydrogen) atoms. The van der Waals surface area contributed by atoms with Crippen LogP contribution in [0.25, 0.3) is 0 Å². The van der Waals surface area contributed by atoms with Crippen molar-refractivity contribution in [1.29, 1.82) is 0 Å². The lowest BCUT2D eigenvalue weighted by atomic mass is 9.79. The van der Waals surface area contributed by atoms with Crippen LogP contribution < -0.4 is 10.6 Å². The molecule has 228 valence electrons. The molecule has 1 saturated carbocycles.